The highest BCUT2D eigenvalue weighted by Crippen LogP contribution is 2.50. The molecule has 2 aromatic carbocycles. The molecule has 0 spiro atoms. The van der Waals surface area contributed by atoms with Gasteiger partial charge >= 0.3 is 12.0 Å². The lowest BCUT2D eigenvalue weighted by molar-refractivity contribution is -0.161. The maximum absolute atomic E-state index is 13.4. The minimum Gasteiger partial charge on any atom is -0.504 e. The molecule has 2 aliphatic heterocycles. The van der Waals surface area contributed by atoms with Gasteiger partial charge in [-0.3, -0.25) is 19.3 Å². The molecule has 13 nitrogen and oxygen atoms in total. The normalized spacial score (nSPS) is 21.8. The zero-order valence-corrected chi connectivity index (χ0v) is 21.8. The Bertz CT molecular complexity index is 1340. The van der Waals surface area contributed by atoms with Crippen LogP contribution in [0.5, 0.6) is 17.2 Å². The van der Waals surface area contributed by atoms with E-state index in [0.29, 0.717) is 10.5 Å². The van der Waals surface area contributed by atoms with E-state index in [4.69, 9.17) is 0 Å². The number of phenolic OH excluding ortho intramolecular Hbond substituents is 3. The Kier molecular flexibility index (Phi) is 7.08. The largest absolute Gasteiger partial charge is 0.504 e. The van der Waals surface area contributed by atoms with Crippen LogP contribution in [0.3, 0.4) is 0 Å². The van der Waals surface area contributed by atoms with Crippen molar-refractivity contribution < 1.29 is 44.4 Å². The molecule has 6 N–H and O–H groups in total. The Morgan fingerprint density at radius 1 is 1.05 bits per heavy atom. The molecule has 2 saturated heterocycles. The maximum atomic E-state index is 13.4. The number of aliphatic carboxylic acids is 1. The molecule has 206 valence electrons. The average Bonchev–Trinajstić information content (AvgIpc) is 3.15. The van der Waals surface area contributed by atoms with Gasteiger partial charge in [-0.2, -0.15) is 0 Å². The molecule has 39 heavy (non-hydrogen) atoms. The number of hydrogen-bond donors (Lipinski definition) is 6. The monoisotopic (exact) mass is 558 g/mol. The van der Waals surface area contributed by atoms with Crippen molar-refractivity contribution in [2.75, 3.05) is 7.05 Å². The van der Waals surface area contributed by atoms with Gasteiger partial charge in [0.05, 0.1) is 0 Å². The maximum Gasteiger partial charge on any atom is 0.327 e. The number of imide groups is 1. The predicted octanol–water partition coefficient (Wildman–Crippen LogP) is 0.958. The highest BCUT2D eigenvalue weighted by atomic mass is 32.2. The molecule has 0 aromatic heterocycles. The van der Waals surface area contributed by atoms with Crippen molar-refractivity contribution in [2.45, 2.75) is 42.1 Å². The zero-order valence-electron chi connectivity index (χ0n) is 21.0. The first-order valence-corrected chi connectivity index (χ1v) is 12.5. The molecular weight excluding hydrogens is 532 g/mol. The summed E-state index contributed by atoms with van der Waals surface area (Å²) in [5, 5.41) is 42.9. The number of fused-ring (bicyclic) bond motifs is 1. The predicted molar refractivity (Wildman–Crippen MR) is 137 cm³/mol. The third-order valence-electron chi connectivity index (χ3n) is 6.56. The van der Waals surface area contributed by atoms with E-state index in [-0.39, 0.29) is 5.56 Å². The van der Waals surface area contributed by atoms with Crippen LogP contribution in [0.4, 0.5) is 4.79 Å². The number of nitrogens with one attached hydrogen (secondary N) is 2. The van der Waals surface area contributed by atoms with Crippen LogP contribution >= 0.6 is 11.8 Å². The summed E-state index contributed by atoms with van der Waals surface area (Å²) in [5.41, 5.74) is 0.0331. The van der Waals surface area contributed by atoms with Crippen LogP contribution in [0.15, 0.2) is 42.5 Å². The third kappa shape index (κ3) is 4.90. The number of hydrogen-bond acceptors (Lipinski definition) is 9. The Labute approximate surface area is 226 Å². The van der Waals surface area contributed by atoms with Crippen LogP contribution in [0.25, 0.3) is 0 Å². The number of carbonyl (C=O) groups is 5. The van der Waals surface area contributed by atoms with Crippen molar-refractivity contribution in [3.05, 3.63) is 53.6 Å². The summed E-state index contributed by atoms with van der Waals surface area (Å²) in [6, 6.07) is 5.36. The summed E-state index contributed by atoms with van der Waals surface area (Å²) in [6.07, 6.45) is 0. The van der Waals surface area contributed by atoms with Crippen LogP contribution in [-0.2, 0) is 14.4 Å². The molecule has 2 aliphatic rings. The lowest BCUT2D eigenvalue weighted by Crippen LogP contribution is -2.71. The number of carboxylic acid groups (broad SMARTS) is 1. The first-order chi connectivity index (χ1) is 18.2. The Balaban J connectivity index is 1.52. The van der Waals surface area contributed by atoms with E-state index in [9.17, 15) is 44.4 Å². The van der Waals surface area contributed by atoms with Crippen molar-refractivity contribution in [1.82, 2.24) is 20.4 Å². The smallest absolute Gasteiger partial charge is 0.327 e. The topological polar surface area (TPSA) is 197 Å². The molecular formula is C25H26N4O9S. The Hall–Kier alpha value is -4.46. The van der Waals surface area contributed by atoms with Gasteiger partial charge in [0.15, 0.2) is 17.2 Å². The SMILES string of the molecule is CN(C(=O)NC(C(=O)N[C@@H]1C(=O)N2[C@@H]1SC(C)(C)[C@@H]2C(=O)O)c1ccccc1)C(=O)c1cc(O)c(O)c(O)c1. The van der Waals surface area contributed by atoms with Crippen molar-refractivity contribution in [3.63, 3.8) is 0 Å². The fourth-order valence-corrected chi connectivity index (χ4v) is 6.19. The van der Waals surface area contributed by atoms with E-state index >= 15 is 0 Å². The standard InChI is InChI=1S/C25H26N4O9S/c1-25(2)18(23(36)37)29-21(35)16(22(29)39-25)26-19(33)15(11-7-5-4-6-8-11)27-24(38)28(3)20(34)12-9-13(30)17(32)14(31)10-12/h4-10,15-16,18,22,30-32H,1-3H3,(H,26,33)(H,27,38)(H,36,37)/t15?,16-,18+,22-/m1/s1. The number of amides is 5. The number of rotatable bonds is 6. The van der Waals surface area contributed by atoms with Crippen LogP contribution in [0.2, 0.25) is 0 Å². The van der Waals surface area contributed by atoms with Crippen LogP contribution in [0, 0.1) is 0 Å². The van der Waals surface area contributed by atoms with Gasteiger partial charge in [0.2, 0.25) is 11.8 Å². The number of thioether (sulfide) groups is 1. The number of aromatic hydroxyl groups is 3. The molecule has 4 atom stereocenters. The molecule has 0 saturated carbocycles. The van der Waals surface area contributed by atoms with Crippen molar-refractivity contribution in [1.29, 1.82) is 0 Å². The van der Waals surface area contributed by atoms with Crippen LogP contribution < -0.4 is 10.6 Å². The van der Waals surface area contributed by atoms with Gasteiger partial charge in [-0.05, 0) is 31.5 Å². The van der Waals surface area contributed by atoms with E-state index in [1.165, 1.54) is 16.7 Å². The van der Waals surface area contributed by atoms with Gasteiger partial charge in [0.1, 0.15) is 23.5 Å². The molecule has 4 rings (SSSR count). The van der Waals surface area contributed by atoms with Gasteiger partial charge in [0.25, 0.3) is 5.91 Å². The number of nitrogens with zero attached hydrogens (tertiary/aromatic N) is 2. The average molecular weight is 559 g/mol. The second-order valence-electron chi connectivity index (χ2n) is 9.60. The van der Waals surface area contributed by atoms with E-state index in [1.54, 1.807) is 44.2 Å². The molecule has 0 bridgehead atoms. The van der Waals surface area contributed by atoms with E-state index in [1.807, 2.05) is 0 Å². The number of urea groups is 1. The minimum absolute atomic E-state index is 0.310. The minimum atomic E-state index is -1.34. The summed E-state index contributed by atoms with van der Waals surface area (Å²) in [4.78, 5) is 65.6. The van der Waals surface area contributed by atoms with Crippen LogP contribution in [-0.4, -0.2) is 89.2 Å². The number of phenols is 3. The lowest BCUT2D eigenvalue weighted by Gasteiger charge is -2.44. The first kappa shape index (κ1) is 27.6. The molecule has 14 heteroatoms. The number of benzene rings is 2. The molecule has 2 fully saturated rings. The lowest BCUT2D eigenvalue weighted by atomic mass is 9.95. The Morgan fingerprint density at radius 2 is 1.64 bits per heavy atom. The zero-order chi connectivity index (χ0) is 28.8. The molecule has 5 amide bonds. The second-order valence-corrected chi connectivity index (χ2v) is 11.4. The molecule has 2 aromatic rings. The van der Waals surface area contributed by atoms with Crippen molar-refractivity contribution in [2.24, 2.45) is 0 Å². The molecule has 0 radical (unpaired) electrons. The summed E-state index contributed by atoms with van der Waals surface area (Å²) in [7, 11) is 1.11. The highest BCUT2D eigenvalue weighted by molar-refractivity contribution is 8.01. The van der Waals surface area contributed by atoms with Gasteiger partial charge in [-0.15, -0.1) is 11.8 Å². The van der Waals surface area contributed by atoms with Crippen molar-refractivity contribution in [3.8, 4) is 17.2 Å². The van der Waals surface area contributed by atoms with Gasteiger partial charge < -0.3 is 36.0 Å². The van der Waals surface area contributed by atoms with Gasteiger partial charge in [0, 0.05) is 17.4 Å². The van der Waals surface area contributed by atoms with Crippen molar-refractivity contribution >= 4 is 41.5 Å². The third-order valence-corrected chi connectivity index (χ3v) is 8.13. The highest BCUT2D eigenvalue weighted by Gasteiger charge is 2.64. The van der Waals surface area contributed by atoms with Gasteiger partial charge in [-0.1, -0.05) is 30.3 Å². The molecule has 2 heterocycles. The quantitative estimate of drug-likeness (QED) is 0.219. The van der Waals surface area contributed by atoms with Gasteiger partial charge in [-0.25, -0.2) is 9.59 Å². The fourth-order valence-electron chi connectivity index (χ4n) is 4.56. The summed E-state index contributed by atoms with van der Waals surface area (Å²) in [5.74, 6) is -5.80. The number of carboxylic acids is 1. The summed E-state index contributed by atoms with van der Waals surface area (Å²) in [6.45, 7) is 3.41. The van der Waals surface area contributed by atoms with E-state index < -0.39 is 75.2 Å². The number of β-lactam (4-membered cyclic amide) rings is 1. The molecule has 0 aliphatic carbocycles. The Morgan fingerprint density at radius 3 is 2.21 bits per heavy atom. The van der Waals surface area contributed by atoms with E-state index in [2.05, 4.69) is 10.6 Å². The second kappa shape index (κ2) is 10.0. The molecule has 1 unspecified atom stereocenters. The number of carbonyl (C=O) groups excluding carboxylic acids is 4. The fraction of sp³-hybridized carbons (Fsp3) is 0.320. The summed E-state index contributed by atoms with van der Waals surface area (Å²) >= 11 is 1.25. The summed E-state index contributed by atoms with van der Waals surface area (Å²) < 4.78 is -0.793. The van der Waals surface area contributed by atoms with Crippen LogP contribution in [0.1, 0.15) is 35.8 Å². The van der Waals surface area contributed by atoms with E-state index in [0.717, 1.165) is 19.2 Å². The first-order valence-electron chi connectivity index (χ1n) is 11.7.